The molecule has 0 rings (SSSR count). The van der Waals surface area contributed by atoms with Crippen molar-refractivity contribution in [2.45, 2.75) is 13.0 Å². The van der Waals surface area contributed by atoms with Gasteiger partial charge in [0.1, 0.15) is 6.04 Å². The van der Waals surface area contributed by atoms with Crippen molar-refractivity contribution >= 4 is 8.56 Å². The summed E-state index contributed by atoms with van der Waals surface area (Å²) in [5.74, 6) is 18.9. The van der Waals surface area contributed by atoms with E-state index in [0.29, 0.717) is 12.8 Å². The largest absolute Gasteiger partial charge is 0.819 e. The molecule has 7 heteroatoms. The first-order chi connectivity index (χ1) is 6.31. The second kappa shape index (κ2) is 3.77. The van der Waals surface area contributed by atoms with Crippen LogP contribution in [0.1, 0.15) is 6.92 Å². The SMILES string of the molecule is CC[Si]([N+](C)(C)N)([N+](C)(C)N)[N+](C)(C)N. The Hall–Kier alpha value is -0.0231. The lowest BCUT2D eigenvalue weighted by Crippen LogP contribution is -2.94. The van der Waals surface area contributed by atoms with Gasteiger partial charge in [-0.25, -0.2) is 12.8 Å². The molecule has 0 saturated carbocycles. The maximum Gasteiger partial charge on any atom is 0.819 e. The Bertz CT molecular complexity index is 185. The second-order valence-electron chi connectivity index (χ2n) is 5.75. The van der Waals surface area contributed by atoms with Crippen LogP contribution in [0.4, 0.5) is 0 Å². The Labute approximate surface area is 94.8 Å². The fourth-order valence-corrected chi connectivity index (χ4v) is 9.65. The van der Waals surface area contributed by atoms with Crippen LogP contribution < -0.4 is 17.5 Å². The molecule has 0 fully saturated rings. The Kier molecular flexibility index (Phi) is 3.77. The van der Waals surface area contributed by atoms with Crippen LogP contribution in [0.2, 0.25) is 6.04 Å². The van der Waals surface area contributed by atoms with Crippen molar-refractivity contribution < 1.29 is 12.8 Å². The van der Waals surface area contributed by atoms with E-state index in [2.05, 4.69) is 6.92 Å². The van der Waals surface area contributed by atoms with Gasteiger partial charge in [0, 0.05) is 0 Å². The normalized spacial score (nSPS) is 15.6. The molecule has 0 unspecified atom stereocenters. The van der Waals surface area contributed by atoms with Crippen molar-refractivity contribution in [1.82, 2.24) is 0 Å². The molecule has 0 aliphatic heterocycles. The predicted molar refractivity (Wildman–Crippen MR) is 65.1 cm³/mol. The molecule has 0 radical (unpaired) electrons. The van der Waals surface area contributed by atoms with Gasteiger partial charge < -0.3 is 0 Å². The van der Waals surface area contributed by atoms with Gasteiger partial charge in [-0.15, -0.1) is 0 Å². The number of rotatable bonds is 4. The lowest BCUT2D eigenvalue weighted by atomic mass is 11.0. The number of hydrogen-bond donors (Lipinski definition) is 3. The van der Waals surface area contributed by atoms with Gasteiger partial charge in [0.2, 0.25) is 0 Å². The number of quaternary nitrogens is 3. The van der Waals surface area contributed by atoms with Crippen molar-refractivity contribution in [1.29, 1.82) is 0 Å². The van der Waals surface area contributed by atoms with Gasteiger partial charge in [0.15, 0.2) is 0 Å². The average Bonchev–Trinajstić information content (AvgIpc) is 1.76. The third-order valence-corrected chi connectivity index (χ3v) is 9.73. The molecule has 0 atom stereocenters. The molecule has 0 amide bonds. The summed E-state index contributed by atoms with van der Waals surface area (Å²) >= 11 is 0. The van der Waals surface area contributed by atoms with E-state index in [4.69, 9.17) is 17.5 Å². The molecule has 6 nitrogen and oxygen atoms in total. The van der Waals surface area contributed by atoms with E-state index in [1.807, 2.05) is 42.3 Å². The van der Waals surface area contributed by atoms with Crippen LogP contribution in [0.3, 0.4) is 0 Å². The Morgan fingerprint density at radius 3 is 0.933 bits per heavy atom. The van der Waals surface area contributed by atoms with E-state index in [1.165, 1.54) is 0 Å². The summed E-state index contributed by atoms with van der Waals surface area (Å²) in [5.41, 5.74) is 0. The summed E-state index contributed by atoms with van der Waals surface area (Å²) in [5, 5.41) is 0. The van der Waals surface area contributed by atoms with Crippen molar-refractivity contribution in [3.8, 4) is 0 Å². The minimum atomic E-state index is -2.23. The zero-order valence-electron chi connectivity index (χ0n) is 11.3. The topological polar surface area (TPSA) is 78.1 Å². The molecule has 6 N–H and O–H groups in total. The van der Waals surface area contributed by atoms with Gasteiger partial charge in [0.25, 0.3) is 0 Å². The molecule has 0 aromatic heterocycles. The maximum atomic E-state index is 6.31. The third-order valence-electron chi connectivity index (χ3n) is 3.24. The van der Waals surface area contributed by atoms with Gasteiger partial charge in [0.05, 0.1) is 42.3 Å². The number of nitrogens with zero attached hydrogens (tertiary/aromatic N) is 3. The molecule has 0 spiro atoms. The summed E-state index contributed by atoms with van der Waals surface area (Å²) in [6, 6.07) is 0.920. The molecule has 0 bridgehead atoms. The number of nitrogens with two attached hydrogens (primary N) is 3. The minimum absolute atomic E-state index is 0.358. The molecule has 0 aliphatic rings. The molecule has 15 heavy (non-hydrogen) atoms. The molecule has 92 valence electrons. The summed E-state index contributed by atoms with van der Waals surface area (Å²) in [4.78, 5) is 0. The highest BCUT2D eigenvalue weighted by molar-refractivity contribution is 6.57. The highest BCUT2D eigenvalue weighted by Gasteiger charge is 2.80. The maximum absolute atomic E-state index is 6.31. The first-order valence-corrected chi connectivity index (χ1v) is 7.24. The predicted octanol–water partition coefficient (Wildman–Crippen LogP) is -1.20. The van der Waals surface area contributed by atoms with E-state index >= 15 is 0 Å². The quantitative estimate of drug-likeness (QED) is 0.326. The number of hydrogen-bond acceptors (Lipinski definition) is 3. The van der Waals surface area contributed by atoms with E-state index in [9.17, 15) is 0 Å². The fraction of sp³-hybridized carbons (Fsp3) is 1.00. The van der Waals surface area contributed by atoms with Crippen molar-refractivity contribution in [2.24, 2.45) is 17.5 Å². The van der Waals surface area contributed by atoms with Gasteiger partial charge in [-0.1, -0.05) is 0 Å². The lowest BCUT2D eigenvalue weighted by Gasteiger charge is -2.48. The smallest absolute Gasteiger partial charge is 0.211 e. The van der Waals surface area contributed by atoms with Gasteiger partial charge in [-0.05, 0) is 6.92 Å². The van der Waals surface area contributed by atoms with Crippen molar-refractivity contribution in [3.05, 3.63) is 0 Å². The molecule has 0 aromatic carbocycles. The Morgan fingerprint density at radius 2 is 0.933 bits per heavy atom. The fourth-order valence-electron chi connectivity index (χ4n) is 3.22. The third kappa shape index (κ3) is 2.23. The molecular weight excluding hydrogens is 208 g/mol. The summed E-state index contributed by atoms with van der Waals surface area (Å²) in [6.45, 7) is 2.12. The van der Waals surface area contributed by atoms with Gasteiger partial charge in [-0.2, -0.15) is 17.5 Å². The van der Waals surface area contributed by atoms with Crippen LogP contribution in [0.5, 0.6) is 0 Å². The molecule has 0 saturated heterocycles. The molecular formula is C8H29N6Si+3. The van der Waals surface area contributed by atoms with E-state index in [0.717, 1.165) is 6.04 Å². The van der Waals surface area contributed by atoms with E-state index in [1.54, 1.807) is 0 Å². The minimum Gasteiger partial charge on any atom is -0.211 e. The van der Waals surface area contributed by atoms with Gasteiger partial charge in [-0.3, -0.25) is 0 Å². The van der Waals surface area contributed by atoms with Crippen LogP contribution in [0, 0.1) is 0 Å². The summed E-state index contributed by atoms with van der Waals surface area (Å²) < 4.78 is 1.07. The first kappa shape index (κ1) is 15.0. The monoisotopic (exact) mass is 237 g/mol. The zero-order valence-corrected chi connectivity index (χ0v) is 12.3. The summed E-state index contributed by atoms with van der Waals surface area (Å²) in [6.07, 6.45) is 0. The van der Waals surface area contributed by atoms with Crippen molar-refractivity contribution in [2.75, 3.05) is 42.3 Å². The van der Waals surface area contributed by atoms with Crippen LogP contribution in [-0.2, 0) is 0 Å². The summed E-state index contributed by atoms with van der Waals surface area (Å²) in [7, 11) is 9.66. The zero-order chi connectivity index (χ0) is 12.7. The van der Waals surface area contributed by atoms with Crippen molar-refractivity contribution in [3.63, 3.8) is 0 Å². The van der Waals surface area contributed by atoms with E-state index in [-0.39, 0.29) is 0 Å². The standard InChI is InChI=1S/C8H29N6Si/c1-8-15(12(2,3)9,13(4,5)10)14(6,7)11/h8-11H2,1-7H3/q+3. The lowest BCUT2D eigenvalue weighted by molar-refractivity contribution is -1.03. The van der Waals surface area contributed by atoms with E-state index < -0.39 is 8.56 Å². The Balaban J connectivity index is 5.78. The van der Waals surface area contributed by atoms with Crippen LogP contribution in [0.15, 0.2) is 0 Å². The highest BCUT2D eigenvalue weighted by atomic mass is 28.4. The first-order valence-electron chi connectivity index (χ1n) is 5.19. The van der Waals surface area contributed by atoms with Gasteiger partial charge >= 0.3 is 8.56 Å². The van der Waals surface area contributed by atoms with Crippen LogP contribution >= 0.6 is 0 Å². The van der Waals surface area contributed by atoms with Crippen LogP contribution in [-0.4, -0.2) is 63.6 Å². The second-order valence-corrected chi connectivity index (χ2v) is 11.5. The molecule has 0 aliphatic carbocycles. The molecule has 0 aromatic rings. The highest BCUT2D eigenvalue weighted by Crippen LogP contribution is 2.27. The van der Waals surface area contributed by atoms with Crippen LogP contribution in [0.25, 0.3) is 0 Å². The Morgan fingerprint density at radius 1 is 0.733 bits per heavy atom. The average molecular weight is 237 g/mol. The molecule has 0 heterocycles.